The van der Waals surface area contributed by atoms with Gasteiger partial charge in [-0.15, -0.1) is 11.3 Å². The first-order valence-electron chi connectivity index (χ1n) is 5.50. The normalized spacial score (nSPS) is 13.1. The van der Waals surface area contributed by atoms with Crippen LogP contribution in [0.25, 0.3) is 0 Å². The van der Waals surface area contributed by atoms with E-state index in [2.05, 4.69) is 5.32 Å². The summed E-state index contributed by atoms with van der Waals surface area (Å²) in [5.74, 6) is -1.26. The zero-order valence-electron chi connectivity index (χ0n) is 10.5. The highest BCUT2D eigenvalue weighted by Gasteiger charge is 2.30. The van der Waals surface area contributed by atoms with E-state index >= 15 is 0 Å². The van der Waals surface area contributed by atoms with Crippen LogP contribution < -0.4 is 5.32 Å². The maximum absolute atomic E-state index is 11.8. The summed E-state index contributed by atoms with van der Waals surface area (Å²) in [6, 6.07) is 3.45. The molecule has 1 rings (SSSR count). The van der Waals surface area contributed by atoms with Gasteiger partial charge in [0.15, 0.2) is 0 Å². The van der Waals surface area contributed by atoms with Gasteiger partial charge in [-0.05, 0) is 32.9 Å². The molecular formula is C12H16ClNO3S. The third kappa shape index (κ3) is 3.99. The number of carboxylic acid groups (broad SMARTS) is 1. The summed E-state index contributed by atoms with van der Waals surface area (Å²) in [7, 11) is 0. The molecule has 0 bridgehead atoms. The molecule has 0 saturated heterocycles. The van der Waals surface area contributed by atoms with Gasteiger partial charge in [0.2, 0.25) is 5.91 Å². The molecule has 0 spiro atoms. The van der Waals surface area contributed by atoms with Crippen molar-refractivity contribution in [2.75, 3.05) is 0 Å². The van der Waals surface area contributed by atoms with E-state index in [4.69, 9.17) is 16.7 Å². The van der Waals surface area contributed by atoms with Crippen LogP contribution in [0, 0.1) is 5.41 Å². The van der Waals surface area contributed by atoms with Crippen LogP contribution in [0.5, 0.6) is 0 Å². The number of hydrogen-bond acceptors (Lipinski definition) is 3. The van der Waals surface area contributed by atoms with Gasteiger partial charge in [-0.3, -0.25) is 9.59 Å². The Balaban J connectivity index is 2.58. The number of carbonyl (C=O) groups excluding carboxylic acids is 1. The second kappa shape index (κ2) is 5.71. The van der Waals surface area contributed by atoms with E-state index < -0.39 is 11.4 Å². The Labute approximate surface area is 115 Å². The van der Waals surface area contributed by atoms with E-state index in [0.29, 0.717) is 4.34 Å². The van der Waals surface area contributed by atoms with Crippen LogP contribution in [-0.4, -0.2) is 17.0 Å². The molecule has 2 N–H and O–H groups in total. The minimum atomic E-state index is -1.06. The van der Waals surface area contributed by atoms with Crippen LogP contribution in [0.4, 0.5) is 0 Å². The van der Waals surface area contributed by atoms with Gasteiger partial charge in [0.25, 0.3) is 0 Å². The lowest BCUT2D eigenvalue weighted by molar-refractivity contribution is -0.149. The summed E-state index contributed by atoms with van der Waals surface area (Å²) in [4.78, 5) is 23.6. The first kappa shape index (κ1) is 15.0. The van der Waals surface area contributed by atoms with E-state index in [0.717, 1.165) is 4.88 Å². The predicted octanol–water partition coefficient (Wildman–Crippen LogP) is 3.08. The van der Waals surface area contributed by atoms with Crippen molar-refractivity contribution in [3.05, 3.63) is 21.3 Å². The fraction of sp³-hybridized carbons (Fsp3) is 0.500. The lowest BCUT2D eigenvalue weighted by Crippen LogP contribution is -2.34. The monoisotopic (exact) mass is 289 g/mol. The Bertz CT molecular complexity index is 456. The van der Waals surface area contributed by atoms with Gasteiger partial charge >= 0.3 is 5.97 Å². The first-order valence-corrected chi connectivity index (χ1v) is 6.70. The summed E-state index contributed by atoms with van der Waals surface area (Å²) in [6.07, 6.45) is -0.0498. The third-order valence-electron chi connectivity index (χ3n) is 2.58. The molecular weight excluding hydrogens is 274 g/mol. The highest BCUT2D eigenvalue weighted by molar-refractivity contribution is 7.16. The quantitative estimate of drug-likeness (QED) is 0.875. The number of aliphatic carboxylic acids is 1. The molecule has 4 nitrogen and oxygen atoms in total. The van der Waals surface area contributed by atoms with Gasteiger partial charge < -0.3 is 10.4 Å². The Kier molecular flexibility index (Phi) is 4.76. The number of amides is 1. The number of carbonyl (C=O) groups is 2. The van der Waals surface area contributed by atoms with E-state index in [1.54, 1.807) is 6.07 Å². The van der Waals surface area contributed by atoms with Crippen molar-refractivity contribution in [2.45, 2.75) is 33.2 Å². The topological polar surface area (TPSA) is 66.4 Å². The Morgan fingerprint density at radius 3 is 2.56 bits per heavy atom. The fourth-order valence-corrected chi connectivity index (χ4v) is 2.46. The molecule has 1 unspecified atom stereocenters. The average Bonchev–Trinajstić information content (AvgIpc) is 2.63. The van der Waals surface area contributed by atoms with Gasteiger partial charge in [-0.25, -0.2) is 0 Å². The van der Waals surface area contributed by atoms with Crippen molar-refractivity contribution in [1.82, 2.24) is 5.32 Å². The largest absolute Gasteiger partial charge is 0.481 e. The predicted molar refractivity (Wildman–Crippen MR) is 71.9 cm³/mol. The average molecular weight is 290 g/mol. The van der Waals surface area contributed by atoms with Crippen molar-refractivity contribution >= 4 is 34.8 Å². The number of hydrogen-bond donors (Lipinski definition) is 2. The van der Waals surface area contributed by atoms with Crippen molar-refractivity contribution < 1.29 is 14.7 Å². The molecule has 0 aromatic carbocycles. The van der Waals surface area contributed by atoms with Gasteiger partial charge in [0.05, 0.1) is 15.8 Å². The smallest absolute Gasteiger partial charge is 0.309 e. The lowest BCUT2D eigenvalue weighted by atomic mass is 9.89. The maximum Gasteiger partial charge on any atom is 0.309 e. The summed E-state index contributed by atoms with van der Waals surface area (Å²) >= 11 is 7.21. The SMILES string of the molecule is CC(NC(=O)CC(C)(C)C(=O)O)c1ccc(Cl)s1. The Hall–Kier alpha value is -1.07. The Morgan fingerprint density at radius 1 is 1.50 bits per heavy atom. The van der Waals surface area contributed by atoms with Crippen molar-refractivity contribution in [3.8, 4) is 0 Å². The van der Waals surface area contributed by atoms with Crippen LogP contribution in [-0.2, 0) is 9.59 Å². The van der Waals surface area contributed by atoms with E-state index in [1.807, 2.05) is 13.0 Å². The van der Waals surface area contributed by atoms with Crippen LogP contribution >= 0.6 is 22.9 Å². The molecule has 0 aliphatic rings. The van der Waals surface area contributed by atoms with Crippen LogP contribution in [0.3, 0.4) is 0 Å². The number of nitrogens with one attached hydrogen (secondary N) is 1. The molecule has 0 aliphatic heterocycles. The number of rotatable bonds is 5. The molecule has 18 heavy (non-hydrogen) atoms. The van der Waals surface area contributed by atoms with E-state index in [9.17, 15) is 9.59 Å². The Morgan fingerprint density at radius 2 is 2.11 bits per heavy atom. The van der Waals surface area contributed by atoms with Crippen molar-refractivity contribution in [2.24, 2.45) is 5.41 Å². The van der Waals surface area contributed by atoms with Gasteiger partial charge in [-0.1, -0.05) is 11.6 Å². The summed E-state index contributed by atoms with van der Waals surface area (Å²) in [5.41, 5.74) is -1.06. The third-order valence-corrected chi connectivity index (χ3v) is 3.99. The van der Waals surface area contributed by atoms with Crippen molar-refractivity contribution in [3.63, 3.8) is 0 Å². The molecule has 0 aliphatic carbocycles. The molecule has 1 aromatic rings. The summed E-state index contributed by atoms with van der Waals surface area (Å²) < 4.78 is 0.664. The summed E-state index contributed by atoms with van der Waals surface area (Å²) in [6.45, 7) is 4.90. The van der Waals surface area contributed by atoms with E-state index in [-0.39, 0.29) is 18.4 Å². The van der Waals surface area contributed by atoms with Gasteiger partial charge in [0.1, 0.15) is 0 Å². The fourth-order valence-electron chi connectivity index (χ4n) is 1.40. The van der Waals surface area contributed by atoms with Crippen LogP contribution in [0.2, 0.25) is 4.34 Å². The van der Waals surface area contributed by atoms with Gasteiger partial charge in [-0.2, -0.15) is 0 Å². The molecule has 1 heterocycles. The standard InChI is InChI=1S/C12H16ClNO3S/c1-7(8-4-5-9(13)18-8)14-10(15)6-12(2,3)11(16)17/h4-5,7H,6H2,1-3H3,(H,14,15)(H,16,17). The van der Waals surface area contributed by atoms with E-state index in [1.165, 1.54) is 25.2 Å². The zero-order valence-corrected chi connectivity index (χ0v) is 12.1. The summed E-state index contributed by atoms with van der Waals surface area (Å²) in [5, 5.41) is 11.7. The number of halogens is 1. The van der Waals surface area contributed by atoms with Crippen molar-refractivity contribution in [1.29, 1.82) is 0 Å². The lowest BCUT2D eigenvalue weighted by Gasteiger charge is -2.20. The molecule has 1 aromatic heterocycles. The van der Waals surface area contributed by atoms with Crippen LogP contribution in [0.1, 0.15) is 38.1 Å². The molecule has 1 amide bonds. The number of carboxylic acids is 1. The van der Waals surface area contributed by atoms with Crippen LogP contribution in [0.15, 0.2) is 12.1 Å². The minimum Gasteiger partial charge on any atom is -0.481 e. The minimum absolute atomic E-state index is 0.0498. The molecule has 0 saturated carbocycles. The highest BCUT2D eigenvalue weighted by Crippen LogP contribution is 2.27. The number of thiophene rings is 1. The first-order chi connectivity index (χ1) is 8.22. The molecule has 6 heteroatoms. The molecule has 0 radical (unpaired) electrons. The highest BCUT2D eigenvalue weighted by atomic mass is 35.5. The zero-order chi connectivity index (χ0) is 13.9. The second-order valence-corrected chi connectivity index (χ2v) is 6.54. The molecule has 1 atom stereocenters. The second-order valence-electron chi connectivity index (χ2n) is 4.80. The molecule has 0 fully saturated rings. The molecule has 100 valence electrons. The van der Waals surface area contributed by atoms with Gasteiger partial charge in [0, 0.05) is 11.3 Å². The maximum atomic E-state index is 11.8.